The Kier molecular flexibility index (Phi) is 11.3. The van der Waals surface area contributed by atoms with Gasteiger partial charge in [-0.1, -0.05) is 76.5 Å². The number of aromatic nitrogens is 1. The van der Waals surface area contributed by atoms with Crippen molar-refractivity contribution in [3.05, 3.63) is 46.1 Å². The van der Waals surface area contributed by atoms with Gasteiger partial charge >= 0.3 is 0 Å². The second kappa shape index (κ2) is 14.0. The SMILES string of the molecule is CCCCCCOCCCCCCCCCc1nc2ccccc2cc1[N+](=O)[O-]. The topological polar surface area (TPSA) is 65.3 Å². The zero-order chi connectivity index (χ0) is 20.7. The third-order valence-electron chi connectivity index (χ3n) is 5.32. The van der Waals surface area contributed by atoms with Crippen molar-refractivity contribution in [1.82, 2.24) is 4.98 Å². The largest absolute Gasteiger partial charge is 0.381 e. The van der Waals surface area contributed by atoms with E-state index >= 15 is 0 Å². The number of unbranched alkanes of at least 4 members (excludes halogenated alkanes) is 9. The highest BCUT2D eigenvalue weighted by Gasteiger charge is 2.16. The number of rotatable bonds is 16. The molecule has 2 aromatic rings. The standard InChI is InChI=1S/C24H36N2O3/c1-2-3-4-13-18-29-19-14-9-7-5-6-8-10-17-23-24(26(27)28)20-21-15-11-12-16-22(21)25-23/h11-12,15-16,20H,2-10,13-14,17-19H2,1H3. The van der Waals surface area contributed by atoms with Gasteiger partial charge in [-0.25, -0.2) is 4.98 Å². The fourth-order valence-corrected chi connectivity index (χ4v) is 3.60. The summed E-state index contributed by atoms with van der Waals surface area (Å²) in [6.07, 6.45) is 13.8. The maximum Gasteiger partial charge on any atom is 0.291 e. The Bertz CT molecular complexity index is 733. The van der Waals surface area contributed by atoms with Crippen molar-refractivity contribution < 1.29 is 9.66 Å². The van der Waals surface area contributed by atoms with E-state index in [-0.39, 0.29) is 10.6 Å². The number of aryl methyl sites for hydroxylation is 1. The number of fused-ring (bicyclic) bond motifs is 1. The van der Waals surface area contributed by atoms with Crippen LogP contribution < -0.4 is 0 Å². The van der Waals surface area contributed by atoms with Crippen LogP contribution in [0.15, 0.2) is 30.3 Å². The molecule has 0 atom stereocenters. The minimum Gasteiger partial charge on any atom is -0.381 e. The van der Waals surface area contributed by atoms with Crippen LogP contribution in [-0.4, -0.2) is 23.1 Å². The highest BCUT2D eigenvalue weighted by atomic mass is 16.6. The van der Waals surface area contributed by atoms with Crippen molar-refractivity contribution in [3.8, 4) is 0 Å². The third-order valence-corrected chi connectivity index (χ3v) is 5.32. The van der Waals surface area contributed by atoms with Crippen LogP contribution in [0.5, 0.6) is 0 Å². The highest BCUT2D eigenvalue weighted by Crippen LogP contribution is 2.24. The van der Waals surface area contributed by atoms with Crippen molar-refractivity contribution in [2.24, 2.45) is 0 Å². The minimum atomic E-state index is -0.305. The van der Waals surface area contributed by atoms with Gasteiger partial charge in [0.15, 0.2) is 0 Å². The van der Waals surface area contributed by atoms with Gasteiger partial charge in [0.25, 0.3) is 5.69 Å². The predicted octanol–water partition coefficient (Wildman–Crippen LogP) is 7.01. The average molecular weight is 401 g/mol. The lowest BCUT2D eigenvalue weighted by atomic mass is 10.1. The molecule has 1 aromatic heterocycles. The van der Waals surface area contributed by atoms with Crippen molar-refractivity contribution in [3.63, 3.8) is 0 Å². The van der Waals surface area contributed by atoms with Crippen molar-refractivity contribution in [2.75, 3.05) is 13.2 Å². The Labute approximate surface area is 175 Å². The number of para-hydroxylation sites is 1. The Morgan fingerprint density at radius 1 is 0.897 bits per heavy atom. The van der Waals surface area contributed by atoms with Gasteiger partial charge in [-0.05, 0) is 31.7 Å². The van der Waals surface area contributed by atoms with Gasteiger partial charge in [-0.3, -0.25) is 10.1 Å². The summed E-state index contributed by atoms with van der Waals surface area (Å²) in [6, 6.07) is 9.24. The van der Waals surface area contributed by atoms with Crippen LogP contribution in [0.4, 0.5) is 5.69 Å². The Morgan fingerprint density at radius 2 is 1.52 bits per heavy atom. The number of nitrogens with zero attached hydrogens (tertiary/aromatic N) is 2. The smallest absolute Gasteiger partial charge is 0.291 e. The molecule has 0 radical (unpaired) electrons. The average Bonchev–Trinajstić information content (AvgIpc) is 2.73. The van der Waals surface area contributed by atoms with E-state index in [0.29, 0.717) is 12.1 Å². The van der Waals surface area contributed by atoms with Gasteiger partial charge in [-0.2, -0.15) is 0 Å². The quantitative estimate of drug-likeness (QED) is 0.173. The van der Waals surface area contributed by atoms with Crippen molar-refractivity contribution >= 4 is 16.6 Å². The minimum absolute atomic E-state index is 0.151. The van der Waals surface area contributed by atoms with Crippen LogP contribution in [-0.2, 0) is 11.2 Å². The molecule has 0 fully saturated rings. The summed E-state index contributed by atoms with van der Waals surface area (Å²) in [5.41, 5.74) is 1.60. The monoisotopic (exact) mass is 400 g/mol. The van der Waals surface area contributed by atoms with Crippen LogP contribution in [0.2, 0.25) is 0 Å². The summed E-state index contributed by atoms with van der Waals surface area (Å²) in [7, 11) is 0. The molecule has 5 nitrogen and oxygen atoms in total. The molecule has 0 unspecified atom stereocenters. The number of pyridine rings is 1. The maximum atomic E-state index is 11.4. The van der Waals surface area contributed by atoms with Crippen LogP contribution in [0.3, 0.4) is 0 Å². The zero-order valence-corrected chi connectivity index (χ0v) is 17.9. The molecule has 0 aliphatic rings. The van der Waals surface area contributed by atoms with Gasteiger partial charge in [-0.15, -0.1) is 0 Å². The van der Waals surface area contributed by atoms with Crippen LogP contribution >= 0.6 is 0 Å². The molecule has 1 heterocycles. The van der Waals surface area contributed by atoms with E-state index in [1.54, 1.807) is 6.07 Å². The molecule has 2 rings (SSSR count). The molecule has 0 saturated carbocycles. The van der Waals surface area contributed by atoms with Gasteiger partial charge in [0.2, 0.25) is 0 Å². The molecule has 0 amide bonds. The first kappa shape index (κ1) is 23.3. The Hall–Kier alpha value is -2.01. The fraction of sp³-hybridized carbons (Fsp3) is 0.625. The van der Waals surface area contributed by atoms with Gasteiger partial charge in [0.1, 0.15) is 5.69 Å². The first-order chi connectivity index (χ1) is 14.2. The van der Waals surface area contributed by atoms with Crippen molar-refractivity contribution in [1.29, 1.82) is 0 Å². The molecule has 0 bridgehead atoms. The molecular weight excluding hydrogens is 364 g/mol. The number of hydrogen-bond acceptors (Lipinski definition) is 4. The van der Waals surface area contributed by atoms with Crippen molar-refractivity contribution in [2.45, 2.75) is 84.0 Å². The third kappa shape index (κ3) is 8.90. The van der Waals surface area contributed by atoms with E-state index < -0.39 is 0 Å². The van der Waals surface area contributed by atoms with Gasteiger partial charge < -0.3 is 4.74 Å². The van der Waals surface area contributed by atoms with E-state index in [1.807, 2.05) is 24.3 Å². The Morgan fingerprint density at radius 3 is 2.21 bits per heavy atom. The number of hydrogen-bond donors (Lipinski definition) is 0. The van der Waals surface area contributed by atoms with Crippen LogP contribution in [0.1, 0.15) is 83.2 Å². The fourth-order valence-electron chi connectivity index (χ4n) is 3.60. The van der Waals surface area contributed by atoms with Gasteiger partial charge in [0, 0.05) is 24.7 Å². The Balaban J connectivity index is 1.56. The van der Waals surface area contributed by atoms with E-state index in [0.717, 1.165) is 43.4 Å². The summed E-state index contributed by atoms with van der Waals surface area (Å²) < 4.78 is 5.67. The summed E-state index contributed by atoms with van der Waals surface area (Å²) in [6.45, 7) is 4.03. The first-order valence-corrected chi connectivity index (χ1v) is 11.3. The summed E-state index contributed by atoms with van der Waals surface area (Å²) in [4.78, 5) is 15.6. The lowest BCUT2D eigenvalue weighted by molar-refractivity contribution is -0.385. The number of ether oxygens (including phenoxy) is 1. The zero-order valence-electron chi connectivity index (χ0n) is 17.9. The lowest BCUT2D eigenvalue weighted by Gasteiger charge is -2.06. The summed E-state index contributed by atoms with van der Waals surface area (Å²) in [5.74, 6) is 0. The molecule has 0 saturated heterocycles. The van der Waals surface area contributed by atoms with E-state index in [4.69, 9.17) is 4.74 Å². The summed E-state index contributed by atoms with van der Waals surface area (Å²) >= 11 is 0. The van der Waals surface area contributed by atoms with Gasteiger partial charge in [0.05, 0.1) is 10.4 Å². The molecule has 0 aliphatic heterocycles. The molecule has 1 aromatic carbocycles. The number of benzene rings is 1. The maximum absolute atomic E-state index is 11.4. The van der Waals surface area contributed by atoms with Crippen LogP contribution in [0, 0.1) is 10.1 Å². The predicted molar refractivity (Wildman–Crippen MR) is 119 cm³/mol. The van der Waals surface area contributed by atoms with E-state index in [1.165, 1.54) is 51.4 Å². The molecule has 160 valence electrons. The second-order valence-electron chi connectivity index (χ2n) is 7.80. The highest BCUT2D eigenvalue weighted by molar-refractivity contribution is 5.81. The second-order valence-corrected chi connectivity index (χ2v) is 7.80. The summed E-state index contributed by atoms with van der Waals surface area (Å²) in [5, 5.41) is 12.2. The molecule has 0 N–H and O–H groups in total. The molecular formula is C24H36N2O3. The van der Waals surface area contributed by atoms with E-state index in [9.17, 15) is 10.1 Å². The molecule has 29 heavy (non-hydrogen) atoms. The molecule has 0 spiro atoms. The van der Waals surface area contributed by atoms with Crippen LogP contribution in [0.25, 0.3) is 10.9 Å². The lowest BCUT2D eigenvalue weighted by Crippen LogP contribution is -2.00. The normalized spacial score (nSPS) is 11.2. The molecule has 0 aliphatic carbocycles. The molecule has 5 heteroatoms. The number of nitro groups is 1. The first-order valence-electron chi connectivity index (χ1n) is 11.3. The van der Waals surface area contributed by atoms with E-state index in [2.05, 4.69) is 11.9 Å².